The Kier molecular flexibility index (Phi) is 4.36. The summed E-state index contributed by atoms with van der Waals surface area (Å²) in [4.78, 5) is 15.7. The van der Waals surface area contributed by atoms with Crippen LogP contribution in [-0.4, -0.2) is 18.1 Å². The zero-order chi connectivity index (χ0) is 15.2. The molecule has 0 aliphatic heterocycles. The summed E-state index contributed by atoms with van der Waals surface area (Å²) in [6, 6.07) is 10.8. The van der Waals surface area contributed by atoms with E-state index in [1.54, 1.807) is 18.2 Å². The Morgan fingerprint density at radius 1 is 1.48 bits per heavy atom. The highest BCUT2D eigenvalue weighted by Gasteiger charge is 2.13. The third-order valence-electron chi connectivity index (χ3n) is 2.91. The van der Waals surface area contributed by atoms with E-state index in [1.807, 2.05) is 6.07 Å². The fourth-order valence-corrected chi connectivity index (χ4v) is 1.84. The number of hydrogen-bond acceptors (Lipinski definition) is 6. The van der Waals surface area contributed by atoms with Gasteiger partial charge in [-0.2, -0.15) is 5.26 Å². The lowest BCUT2D eigenvalue weighted by Gasteiger charge is -2.11. The van der Waals surface area contributed by atoms with E-state index < -0.39 is 5.97 Å². The molecule has 6 nitrogen and oxygen atoms in total. The number of aromatic nitrogens is 1. The highest BCUT2D eigenvalue weighted by Crippen LogP contribution is 2.21. The van der Waals surface area contributed by atoms with Crippen LogP contribution in [0.1, 0.15) is 21.5 Å². The van der Waals surface area contributed by atoms with E-state index in [1.165, 1.54) is 19.4 Å². The summed E-state index contributed by atoms with van der Waals surface area (Å²) >= 11 is 0. The van der Waals surface area contributed by atoms with Gasteiger partial charge in [0.1, 0.15) is 5.82 Å². The average molecular weight is 282 g/mol. The van der Waals surface area contributed by atoms with E-state index in [9.17, 15) is 4.79 Å². The summed E-state index contributed by atoms with van der Waals surface area (Å²) in [6.07, 6.45) is 1.48. The van der Waals surface area contributed by atoms with Crippen LogP contribution in [0.3, 0.4) is 0 Å². The highest BCUT2D eigenvalue weighted by atomic mass is 16.5. The molecule has 1 heterocycles. The van der Waals surface area contributed by atoms with Gasteiger partial charge in [0.05, 0.1) is 30.0 Å². The van der Waals surface area contributed by atoms with Crippen molar-refractivity contribution in [3.8, 4) is 6.07 Å². The molecular formula is C15H14N4O2. The third-order valence-corrected chi connectivity index (χ3v) is 2.91. The maximum atomic E-state index is 11.6. The van der Waals surface area contributed by atoms with Crippen LogP contribution in [0.15, 0.2) is 36.5 Å². The third kappa shape index (κ3) is 3.28. The molecule has 0 atom stereocenters. The first-order valence-corrected chi connectivity index (χ1v) is 6.21. The molecule has 0 fully saturated rings. The second kappa shape index (κ2) is 6.39. The number of ether oxygens (including phenoxy) is 1. The molecule has 1 aromatic carbocycles. The van der Waals surface area contributed by atoms with E-state index in [0.29, 0.717) is 17.9 Å². The molecule has 2 rings (SSSR count). The molecule has 0 aliphatic carbocycles. The number of nitrogens with two attached hydrogens (primary N) is 1. The zero-order valence-corrected chi connectivity index (χ0v) is 11.5. The molecule has 2 aromatic rings. The standard InChI is InChI=1S/C15H14N4O2/c1-21-15(20)12-5-6-18-14(13(12)17)19-9-11-4-2-3-10(7-11)8-16/h2-7H,9,17H2,1H3,(H,18,19). The van der Waals surface area contributed by atoms with E-state index in [-0.39, 0.29) is 11.3 Å². The number of nitriles is 1. The van der Waals surface area contributed by atoms with Gasteiger partial charge in [0, 0.05) is 12.7 Å². The number of hydrogen-bond donors (Lipinski definition) is 2. The van der Waals surface area contributed by atoms with Crippen LogP contribution in [0, 0.1) is 11.3 Å². The molecule has 3 N–H and O–H groups in total. The van der Waals surface area contributed by atoms with Gasteiger partial charge in [-0.25, -0.2) is 9.78 Å². The number of esters is 1. The molecule has 0 spiro atoms. The molecule has 106 valence electrons. The highest BCUT2D eigenvalue weighted by molar-refractivity contribution is 5.97. The quantitative estimate of drug-likeness (QED) is 0.831. The van der Waals surface area contributed by atoms with Crippen molar-refractivity contribution in [1.82, 2.24) is 4.98 Å². The van der Waals surface area contributed by atoms with Crippen LogP contribution in [0.5, 0.6) is 0 Å². The molecule has 0 bridgehead atoms. The van der Waals surface area contributed by atoms with E-state index in [2.05, 4.69) is 21.1 Å². The molecular weight excluding hydrogens is 268 g/mol. The zero-order valence-electron chi connectivity index (χ0n) is 11.5. The minimum Gasteiger partial charge on any atom is -0.465 e. The van der Waals surface area contributed by atoms with Crippen LogP contribution in [-0.2, 0) is 11.3 Å². The smallest absolute Gasteiger partial charge is 0.340 e. The van der Waals surface area contributed by atoms with Gasteiger partial charge in [-0.1, -0.05) is 12.1 Å². The minimum atomic E-state index is -0.510. The lowest BCUT2D eigenvalue weighted by atomic mass is 10.1. The summed E-state index contributed by atoms with van der Waals surface area (Å²) in [6.45, 7) is 0.442. The van der Waals surface area contributed by atoms with Gasteiger partial charge in [0.15, 0.2) is 0 Å². The van der Waals surface area contributed by atoms with Crippen molar-refractivity contribution in [3.63, 3.8) is 0 Å². The first-order valence-electron chi connectivity index (χ1n) is 6.21. The van der Waals surface area contributed by atoms with Gasteiger partial charge in [-0.05, 0) is 23.8 Å². The molecule has 21 heavy (non-hydrogen) atoms. The summed E-state index contributed by atoms with van der Waals surface area (Å²) in [5.41, 5.74) is 7.90. The van der Waals surface area contributed by atoms with Crippen molar-refractivity contribution >= 4 is 17.5 Å². The number of nitrogens with zero attached hydrogens (tertiary/aromatic N) is 2. The van der Waals surface area contributed by atoms with Gasteiger partial charge >= 0.3 is 5.97 Å². The van der Waals surface area contributed by atoms with Crippen LogP contribution >= 0.6 is 0 Å². The molecule has 0 saturated heterocycles. The molecule has 1 aromatic heterocycles. The van der Waals surface area contributed by atoms with Crippen LogP contribution < -0.4 is 11.1 Å². The van der Waals surface area contributed by atoms with Crippen LogP contribution in [0.4, 0.5) is 11.5 Å². The van der Waals surface area contributed by atoms with Gasteiger partial charge in [0.25, 0.3) is 0 Å². The first-order chi connectivity index (χ1) is 10.2. The number of benzene rings is 1. The largest absolute Gasteiger partial charge is 0.465 e. The first kappa shape index (κ1) is 14.3. The summed E-state index contributed by atoms with van der Waals surface area (Å²) in [5.74, 6) is -0.107. The molecule has 6 heteroatoms. The Balaban J connectivity index is 2.17. The van der Waals surface area contributed by atoms with Crippen molar-refractivity contribution in [1.29, 1.82) is 5.26 Å². The fourth-order valence-electron chi connectivity index (χ4n) is 1.84. The Labute approximate surface area is 122 Å². The number of nitrogen functional groups attached to an aromatic ring is 1. The van der Waals surface area contributed by atoms with E-state index >= 15 is 0 Å². The van der Waals surface area contributed by atoms with Crippen LogP contribution in [0.2, 0.25) is 0 Å². The Morgan fingerprint density at radius 2 is 2.29 bits per heavy atom. The average Bonchev–Trinajstić information content (AvgIpc) is 2.53. The number of methoxy groups -OCH3 is 1. The fraction of sp³-hybridized carbons (Fsp3) is 0.133. The maximum Gasteiger partial charge on any atom is 0.340 e. The second-order valence-electron chi connectivity index (χ2n) is 4.28. The van der Waals surface area contributed by atoms with Crippen molar-refractivity contribution in [2.45, 2.75) is 6.54 Å². The lowest BCUT2D eigenvalue weighted by molar-refractivity contribution is 0.0602. The van der Waals surface area contributed by atoms with E-state index in [4.69, 9.17) is 11.0 Å². The normalized spacial score (nSPS) is 9.71. The van der Waals surface area contributed by atoms with Crippen molar-refractivity contribution in [2.75, 3.05) is 18.2 Å². The SMILES string of the molecule is COC(=O)c1ccnc(NCc2cccc(C#N)c2)c1N. The monoisotopic (exact) mass is 282 g/mol. The molecule has 0 amide bonds. The number of carbonyl (C=O) groups excluding carboxylic acids is 1. The maximum absolute atomic E-state index is 11.6. The van der Waals surface area contributed by atoms with Crippen molar-refractivity contribution < 1.29 is 9.53 Å². The number of nitrogens with one attached hydrogen (secondary N) is 1. The summed E-state index contributed by atoms with van der Waals surface area (Å²) in [5, 5.41) is 11.9. The van der Waals surface area contributed by atoms with Gasteiger partial charge in [-0.3, -0.25) is 0 Å². The summed E-state index contributed by atoms with van der Waals surface area (Å²) < 4.78 is 4.65. The molecule has 0 unspecified atom stereocenters. The van der Waals surface area contributed by atoms with E-state index in [0.717, 1.165) is 5.56 Å². The minimum absolute atomic E-state index is 0.237. The lowest BCUT2D eigenvalue weighted by Crippen LogP contribution is -2.10. The Morgan fingerprint density at radius 3 is 3.00 bits per heavy atom. The topological polar surface area (TPSA) is 101 Å². The predicted molar refractivity (Wildman–Crippen MR) is 78.5 cm³/mol. The van der Waals surface area contributed by atoms with Crippen molar-refractivity contribution in [3.05, 3.63) is 53.2 Å². The second-order valence-corrected chi connectivity index (χ2v) is 4.28. The van der Waals surface area contributed by atoms with Crippen LogP contribution in [0.25, 0.3) is 0 Å². The Hall–Kier alpha value is -3.07. The number of pyridine rings is 1. The molecule has 0 aliphatic rings. The number of anilines is 2. The predicted octanol–water partition coefficient (Wildman–Crippen LogP) is 1.93. The van der Waals surface area contributed by atoms with Gasteiger partial charge < -0.3 is 15.8 Å². The molecule has 0 radical (unpaired) electrons. The summed E-state index contributed by atoms with van der Waals surface area (Å²) in [7, 11) is 1.29. The van der Waals surface area contributed by atoms with Crippen molar-refractivity contribution in [2.24, 2.45) is 0 Å². The molecule has 0 saturated carbocycles. The number of carbonyl (C=O) groups is 1. The number of rotatable bonds is 4. The van der Waals surface area contributed by atoms with Gasteiger partial charge in [-0.15, -0.1) is 0 Å². The van der Waals surface area contributed by atoms with Gasteiger partial charge in [0.2, 0.25) is 0 Å². The Bertz CT molecular complexity index is 707.